The highest BCUT2D eigenvalue weighted by molar-refractivity contribution is 5.78. The molecule has 0 saturated carbocycles. The first-order chi connectivity index (χ1) is 9.76. The summed E-state index contributed by atoms with van der Waals surface area (Å²) < 4.78 is 13.0. The molecule has 108 valence electrons. The maximum absolute atomic E-state index is 5.43. The van der Waals surface area contributed by atoms with Gasteiger partial charge in [0.1, 0.15) is 11.6 Å². The van der Waals surface area contributed by atoms with Gasteiger partial charge in [0.25, 0.3) is 0 Å². The molecule has 1 saturated heterocycles. The van der Waals surface area contributed by atoms with Crippen LogP contribution in [0.2, 0.25) is 0 Å². The van der Waals surface area contributed by atoms with Crippen molar-refractivity contribution in [1.29, 1.82) is 0 Å². The Kier molecular flexibility index (Phi) is 3.63. The lowest BCUT2D eigenvalue weighted by Crippen LogP contribution is -2.18. The molecule has 0 bridgehead atoms. The van der Waals surface area contributed by atoms with Gasteiger partial charge in [-0.3, -0.25) is 0 Å². The van der Waals surface area contributed by atoms with Gasteiger partial charge in [0.2, 0.25) is 0 Å². The van der Waals surface area contributed by atoms with Gasteiger partial charge in [-0.1, -0.05) is 0 Å². The number of benzene rings is 1. The van der Waals surface area contributed by atoms with E-state index in [2.05, 4.69) is 22.9 Å². The third-order valence-electron chi connectivity index (χ3n) is 4.04. The molecule has 1 fully saturated rings. The van der Waals surface area contributed by atoms with E-state index in [0.717, 1.165) is 42.1 Å². The SMILES string of the molecule is CCn1c(C2CC(OC)CN2)nc2cc(OC)ccc21. The van der Waals surface area contributed by atoms with Gasteiger partial charge in [-0.2, -0.15) is 0 Å². The molecular formula is C15H21N3O2. The minimum absolute atomic E-state index is 0.262. The average molecular weight is 275 g/mol. The minimum atomic E-state index is 0.262. The molecule has 0 aliphatic carbocycles. The van der Waals surface area contributed by atoms with E-state index in [1.807, 2.05) is 12.1 Å². The van der Waals surface area contributed by atoms with Crippen LogP contribution in [0.15, 0.2) is 18.2 Å². The van der Waals surface area contributed by atoms with Crippen molar-refractivity contribution in [2.75, 3.05) is 20.8 Å². The molecule has 20 heavy (non-hydrogen) atoms. The first kappa shape index (κ1) is 13.4. The second kappa shape index (κ2) is 5.42. The lowest BCUT2D eigenvalue weighted by Gasteiger charge is -2.12. The van der Waals surface area contributed by atoms with Gasteiger partial charge in [0, 0.05) is 26.3 Å². The number of hydrogen-bond donors (Lipinski definition) is 1. The summed E-state index contributed by atoms with van der Waals surface area (Å²) in [6.45, 7) is 3.95. The number of rotatable bonds is 4. The van der Waals surface area contributed by atoms with Gasteiger partial charge in [-0.15, -0.1) is 0 Å². The monoisotopic (exact) mass is 275 g/mol. The molecule has 0 radical (unpaired) electrons. The Hall–Kier alpha value is -1.59. The van der Waals surface area contributed by atoms with Gasteiger partial charge in [-0.25, -0.2) is 4.98 Å². The van der Waals surface area contributed by atoms with Gasteiger partial charge in [-0.05, 0) is 25.5 Å². The van der Waals surface area contributed by atoms with Crippen molar-refractivity contribution in [3.8, 4) is 5.75 Å². The fourth-order valence-corrected chi connectivity index (χ4v) is 2.93. The molecule has 1 aromatic heterocycles. The Morgan fingerprint density at radius 3 is 2.90 bits per heavy atom. The molecule has 2 aromatic rings. The summed E-state index contributed by atoms with van der Waals surface area (Å²) in [6, 6.07) is 6.32. The van der Waals surface area contributed by atoms with Crippen LogP contribution in [0.1, 0.15) is 25.2 Å². The highest BCUT2D eigenvalue weighted by atomic mass is 16.5. The molecule has 0 spiro atoms. The average Bonchev–Trinajstić information content (AvgIpc) is 3.09. The van der Waals surface area contributed by atoms with Crippen molar-refractivity contribution in [2.24, 2.45) is 0 Å². The van der Waals surface area contributed by atoms with E-state index >= 15 is 0 Å². The maximum Gasteiger partial charge on any atom is 0.127 e. The number of ether oxygens (including phenoxy) is 2. The molecule has 1 N–H and O–H groups in total. The zero-order valence-electron chi connectivity index (χ0n) is 12.2. The standard InChI is InChI=1S/C15H21N3O2/c1-4-18-14-6-5-10(19-2)7-12(14)17-15(18)13-8-11(20-3)9-16-13/h5-7,11,13,16H,4,8-9H2,1-3H3. The fraction of sp³-hybridized carbons (Fsp3) is 0.533. The number of imidazole rings is 1. The van der Waals surface area contributed by atoms with E-state index in [0.29, 0.717) is 0 Å². The van der Waals surface area contributed by atoms with Crippen LogP contribution in [0.3, 0.4) is 0 Å². The second-order valence-electron chi connectivity index (χ2n) is 5.12. The first-order valence-electron chi connectivity index (χ1n) is 7.07. The van der Waals surface area contributed by atoms with Crippen LogP contribution in [-0.2, 0) is 11.3 Å². The number of hydrogen-bond acceptors (Lipinski definition) is 4. The summed E-state index contributed by atoms with van der Waals surface area (Å²) in [7, 11) is 3.45. The molecule has 5 heteroatoms. The van der Waals surface area contributed by atoms with E-state index < -0.39 is 0 Å². The number of methoxy groups -OCH3 is 2. The molecular weight excluding hydrogens is 254 g/mol. The molecule has 1 aliphatic rings. The summed E-state index contributed by atoms with van der Waals surface area (Å²) in [4.78, 5) is 4.81. The number of aryl methyl sites for hydroxylation is 1. The summed E-state index contributed by atoms with van der Waals surface area (Å²) in [5.41, 5.74) is 2.15. The smallest absolute Gasteiger partial charge is 0.127 e. The first-order valence-corrected chi connectivity index (χ1v) is 7.07. The molecule has 2 unspecified atom stereocenters. The van der Waals surface area contributed by atoms with Crippen molar-refractivity contribution >= 4 is 11.0 Å². The van der Waals surface area contributed by atoms with E-state index in [1.165, 1.54) is 0 Å². The van der Waals surface area contributed by atoms with Crippen LogP contribution >= 0.6 is 0 Å². The largest absolute Gasteiger partial charge is 0.497 e. The van der Waals surface area contributed by atoms with Crippen molar-refractivity contribution in [3.05, 3.63) is 24.0 Å². The van der Waals surface area contributed by atoms with Gasteiger partial charge >= 0.3 is 0 Å². The molecule has 1 aliphatic heterocycles. The minimum Gasteiger partial charge on any atom is -0.497 e. The van der Waals surface area contributed by atoms with E-state index in [-0.39, 0.29) is 12.1 Å². The normalized spacial score (nSPS) is 22.6. The topological polar surface area (TPSA) is 48.3 Å². The lowest BCUT2D eigenvalue weighted by atomic mass is 10.2. The Bertz CT molecular complexity index is 608. The van der Waals surface area contributed by atoms with E-state index in [9.17, 15) is 0 Å². The number of fused-ring (bicyclic) bond motifs is 1. The molecule has 2 heterocycles. The predicted molar refractivity (Wildman–Crippen MR) is 78.1 cm³/mol. The summed E-state index contributed by atoms with van der Waals surface area (Å²) in [6.07, 6.45) is 1.25. The third-order valence-corrected chi connectivity index (χ3v) is 4.04. The summed E-state index contributed by atoms with van der Waals surface area (Å²) >= 11 is 0. The van der Waals surface area contributed by atoms with Gasteiger partial charge in [0.15, 0.2) is 0 Å². The van der Waals surface area contributed by atoms with Gasteiger partial charge in [0.05, 0.1) is 30.3 Å². The molecule has 3 rings (SSSR count). The molecule has 1 aromatic carbocycles. The Balaban J connectivity index is 2.02. The van der Waals surface area contributed by atoms with Crippen LogP contribution < -0.4 is 10.1 Å². The van der Waals surface area contributed by atoms with Crippen molar-refractivity contribution < 1.29 is 9.47 Å². The van der Waals surface area contributed by atoms with Crippen molar-refractivity contribution in [2.45, 2.75) is 32.0 Å². The number of aromatic nitrogens is 2. The Morgan fingerprint density at radius 2 is 2.25 bits per heavy atom. The second-order valence-corrected chi connectivity index (χ2v) is 5.12. The number of nitrogens with zero attached hydrogens (tertiary/aromatic N) is 2. The highest BCUT2D eigenvalue weighted by Gasteiger charge is 2.29. The van der Waals surface area contributed by atoms with E-state index in [4.69, 9.17) is 14.5 Å². The summed E-state index contributed by atoms with van der Waals surface area (Å²) in [5, 5.41) is 3.50. The maximum atomic E-state index is 5.43. The quantitative estimate of drug-likeness (QED) is 0.928. The van der Waals surface area contributed by atoms with E-state index in [1.54, 1.807) is 14.2 Å². The van der Waals surface area contributed by atoms with Crippen LogP contribution in [0.5, 0.6) is 5.75 Å². The van der Waals surface area contributed by atoms with Gasteiger partial charge < -0.3 is 19.4 Å². The van der Waals surface area contributed by atoms with Crippen LogP contribution in [0, 0.1) is 0 Å². The highest BCUT2D eigenvalue weighted by Crippen LogP contribution is 2.29. The molecule has 0 amide bonds. The fourth-order valence-electron chi connectivity index (χ4n) is 2.93. The molecule has 5 nitrogen and oxygen atoms in total. The zero-order chi connectivity index (χ0) is 14.1. The van der Waals surface area contributed by atoms with Crippen LogP contribution in [-0.4, -0.2) is 36.4 Å². The zero-order valence-corrected chi connectivity index (χ0v) is 12.2. The van der Waals surface area contributed by atoms with Crippen molar-refractivity contribution in [3.63, 3.8) is 0 Å². The van der Waals surface area contributed by atoms with Crippen LogP contribution in [0.25, 0.3) is 11.0 Å². The van der Waals surface area contributed by atoms with Crippen LogP contribution in [0.4, 0.5) is 0 Å². The molecule has 2 atom stereocenters. The third kappa shape index (κ3) is 2.17. The Labute approximate surface area is 118 Å². The number of nitrogens with one attached hydrogen (secondary N) is 1. The predicted octanol–water partition coefficient (Wildman–Crippen LogP) is 2.11. The Morgan fingerprint density at radius 1 is 1.40 bits per heavy atom. The lowest BCUT2D eigenvalue weighted by molar-refractivity contribution is 0.117. The summed E-state index contributed by atoms with van der Waals surface area (Å²) in [5.74, 6) is 1.94. The van der Waals surface area contributed by atoms with Crippen molar-refractivity contribution in [1.82, 2.24) is 14.9 Å².